The summed E-state index contributed by atoms with van der Waals surface area (Å²) in [6, 6.07) is 7.22. The predicted molar refractivity (Wildman–Crippen MR) is 81.5 cm³/mol. The van der Waals surface area contributed by atoms with Gasteiger partial charge in [-0.05, 0) is 6.07 Å². The SMILES string of the molecule is C#CCOc1ccccc1CC(=O)CC(=O)N1CCOCC1. The molecule has 1 aromatic carbocycles. The van der Waals surface area contributed by atoms with Crippen LogP contribution in [0.1, 0.15) is 12.0 Å². The summed E-state index contributed by atoms with van der Waals surface area (Å²) in [6.45, 7) is 2.31. The van der Waals surface area contributed by atoms with Crippen LogP contribution < -0.4 is 4.74 Å². The lowest BCUT2D eigenvalue weighted by atomic mass is 10.1. The normalized spacial score (nSPS) is 14.2. The molecule has 5 heteroatoms. The molecule has 22 heavy (non-hydrogen) atoms. The summed E-state index contributed by atoms with van der Waals surface area (Å²) >= 11 is 0. The Balaban J connectivity index is 1.91. The maximum atomic E-state index is 12.1. The van der Waals surface area contributed by atoms with Gasteiger partial charge in [0.2, 0.25) is 5.91 Å². The second kappa shape index (κ2) is 8.20. The standard InChI is InChI=1S/C17H19NO4/c1-2-9-22-16-6-4-3-5-14(16)12-15(19)13-17(20)18-7-10-21-11-8-18/h1,3-6H,7-13H2. The van der Waals surface area contributed by atoms with Crippen molar-refractivity contribution in [3.8, 4) is 18.1 Å². The Kier molecular flexibility index (Phi) is 5.99. The summed E-state index contributed by atoms with van der Waals surface area (Å²) in [6.07, 6.45) is 5.24. The van der Waals surface area contributed by atoms with E-state index in [0.717, 1.165) is 5.56 Å². The zero-order valence-electron chi connectivity index (χ0n) is 12.4. The van der Waals surface area contributed by atoms with E-state index >= 15 is 0 Å². The summed E-state index contributed by atoms with van der Waals surface area (Å²) in [7, 11) is 0. The summed E-state index contributed by atoms with van der Waals surface area (Å²) in [5.74, 6) is 2.71. The number of ether oxygens (including phenoxy) is 2. The number of Topliss-reactive ketones (excluding diaryl/α,β-unsaturated/α-hetero) is 1. The number of para-hydroxylation sites is 1. The van der Waals surface area contributed by atoms with Gasteiger partial charge >= 0.3 is 0 Å². The average Bonchev–Trinajstić information content (AvgIpc) is 2.54. The molecule has 1 amide bonds. The van der Waals surface area contributed by atoms with Gasteiger partial charge < -0.3 is 14.4 Å². The highest BCUT2D eigenvalue weighted by atomic mass is 16.5. The molecule has 0 radical (unpaired) electrons. The van der Waals surface area contributed by atoms with Crippen molar-refractivity contribution in [2.45, 2.75) is 12.8 Å². The minimum atomic E-state index is -0.143. The minimum Gasteiger partial charge on any atom is -0.481 e. The molecule has 1 aliphatic rings. The smallest absolute Gasteiger partial charge is 0.230 e. The predicted octanol–water partition coefficient (Wildman–Crippen LogP) is 1.06. The van der Waals surface area contributed by atoms with E-state index in [1.807, 2.05) is 18.2 Å². The van der Waals surface area contributed by atoms with Crippen LogP contribution in [-0.2, 0) is 20.7 Å². The van der Waals surface area contributed by atoms with Crippen molar-refractivity contribution in [2.24, 2.45) is 0 Å². The highest BCUT2D eigenvalue weighted by molar-refractivity contribution is 5.99. The average molecular weight is 301 g/mol. The molecule has 5 nitrogen and oxygen atoms in total. The Morgan fingerprint density at radius 3 is 2.73 bits per heavy atom. The van der Waals surface area contributed by atoms with Crippen LogP contribution in [0.2, 0.25) is 0 Å². The van der Waals surface area contributed by atoms with E-state index in [0.29, 0.717) is 32.1 Å². The quantitative estimate of drug-likeness (QED) is 0.582. The van der Waals surface area contributed by atoms with Crippen LogP contribution in [0.5, 0.6) is 5.75 Å². The maximum Gasteiger partial charge on any atom is 0.230 e. The molecule has 116 valence electrons. The van der Waals surface area contributed by atoms with Gasteiger partial charge in [-0.3, -0.25) is 9.59 Å². The van der Waals surface area contributed by atoms with Crippen molar-refractivity contribution in [2.75, 3.05) is 32.9 Å². The molecule has 0 aromatic heterocycles. The first-order valence-corrected chi connectivity index (χ1v) is 7.22. The number of terminal acetylenes is 1. The summed E-state index contributed by atoms with van der Waals surface area (Å²) in [4.78, 5) is 25.8. The van der Waals surface area contributed by atoms with Gasteiger partial charge in [0.15, 0.2) is 0 Å². The van der Waals surface area contributed by atoms with E-state index in [2.05, 4.69) is 5.92 Å². The second-order valence-electron chi connectivity index (χ2n) is 4.99. The van der Waals surface area contributed by atoms with Crippen LogP contribution in [0.3, 0.4) is 0 Å². The van der Waals surface area contributed by atoms with E-state index in [1.54, 1.807) is 11.0 Å². The molecule has 1 aromatic rings. The molecule has 0 saturated carbocycles. The molecular weight excluding hydrogens is 282 g/mol. The first-order chi connectivity index (χ1) is 10.7. The Morgan fingerprint density at radius 2 is 2.00 bits per heavy atom. The molecule has 0 spiro atoms. The van der Waals surface area contributed by atoms with Crippen LogP contribution >= 0.6 is 0 Å². The van der Waals surface area contributed by atoms with Gasteiger partial charge in [0.1, 0.15) is 18.1 Å². The minimum absolute atomic E-state index is 0.0938. The molecule has 1 saturated heterocycles. The number of carbonyl (C=O) groups excluding carboxylic acids is 2. The van der Waals surface area contributed by atoms with Crippen molar-refractivity contribution in [3.63, 3.8) is 0 Å². The van der Waals surface area contributed by atoms with Crippen LogP contribution in [0.4, 0.5) is 0 Å². The third kappa shape index (κ3) is 4.61. The molecule has 1 aliphatic heterocycles. The molecule has 2 rings (SSSR count). The zero-order valence-corrected chi connectivity index (χ0v) is 12.4. The molecule has 1 heterocycles. The van der Waals surface area contributed by atoms with E-state index in [-0.39, 0.29) is 31.1 Å². The number of hydrogen-bond donors (Lipinski definition) is 0. The first-order valence-electron chi connectivity index (χ1n) is 7.22. The Bertz CT molecular complexity index is 570. The zero-order chi connectivity index (χ0) is 15.8. The number of amides is 1. The fourth-order valence-corrected chi connectivity index (χ4v) is 2.28. The summed E-state index contributed by atoms with van der Waals surface area (Å²) in [5, 5.41) is 0. The van der Waals surface area contributed by atoms with Crippen LogP contribution in [0, 0.1) is 12.3 Å². The first kappa shape index (κ1) is 16.1. The van der Waals surface area contributed by atoms with Gasteiger partial charge in [0.25, 0.3) is 0 Å². The lowest BCUT2D eigenvalue weighted by Crippen LogP contribution is -2.41. The number of morpholine rings is 1. The topological polar surface area (TPSA) is 55.8 Å². The molecule has 0 aliphatic carbocycles. The van der Waals surface area contributed by atoms with E-state index < -0.39 is 0 Å². The lowest BCUT2D eigenvalue weighted by molar-refractivity contribution is -0.138. The lowest BCUT2D eigenvalue weighted by Gasteiger charge is -2.26. The van der Waals surface area contributed by atoms with Gasteiger partial charge in [-0.25, -0.2) is 0 Å². The van der Waals surface area contributed by atoms with E-state index in [1.165, 1.54) is 0 Å². The third-order valence-corrected chi connectivity index (χ3v) is 3.38. The monoisotopic (exact) mass is 301 g/mol. The third-order valence-electron chi connectivity index (χ3n) is 3.38. The van der Waals surface area contributed by atoms with E-state index in [4.69, 9.17) is 15.9 Å². The summed E-state index contributed by atoms with van der Waals surface area (Å²) in [5.41, 5.74) is 0.748. The van der Waals surface area contributed by atoms with Gasteiger partial charge in [-0.2, -0.15) is 0 Å². The Hall–Kier alpha value is -2.32. The Morgan fingerprint density at radius 1 is 1.27 bits per heavy atom. The molecule has 1 fully saturated rings. The Labute approximate surface area is 130 Å². The number of rotatable bonds is 6. The maximum absolute atomic E-state index is 12.1. The van der Waals surface area contributed by atoms with E-state index in [9.17, 15) is 9.59 Å². The number of hydrogen-bond acceptors (Lipinski definition) is 4. The molecular formula is C17H19NO4. The van der Waals surface area contributed by atoms with Gasteiger partial charge in [0.05, 0.1) is 19.6 Å². The van der Waals surface area contributed by atoms with Crippen molar-refractivity contribution in [1.29, 1.82) is 0 Å². The highest BCUT2D eigenvalue weighted by Gasteiger charge is 2.20. The van der Waals surface area contributed by atoms with Gasteiger partial charge in [0, 0.05) is 25.1 Å². The second-order valence-corrected chi connectivity index (χ2v) is 4.99. The van der Waals surface area contributed by atoms with Crippen molar-refractivity contribution >= 4 is 11.7 Å². The molecule has 0 N–H and O–H groups in total. The summed E-state index contributed by atoms with van der Waals surface area (Å²) < 4.78 is 10.6. The number of benzene rings is 1. The largest absolute Gasteiger partial charge is 0.481 e. The molecule has 0 bridgehead atoms. The number of nitrogens with zero attached hydrogens (tertiary/aromatic N) is 1. The van der Waals surface area contributed by atoms with Crippen LogP contribution in [0.15, 0.2) is 24.3 Å². The fraction of sp³-hybridized carbons (Fsp3) is 0.412. The number of carbonyl (C=O) groups is 2. The van der Waals surface area contributed by atoms with Crippen molar-refractivity contribution < 1.29 is 19.1 Å². The van der Waals surface area contributed by atoms with Crippen molar-refractivity contribution in [3.05, 3.63) is 29.8 Å². The van der Waals surface area contributed by atoms with Crippen molar-refractivity contribution in [1.82, 2.24) is 4.90 Å². The van der Waals surface area contributed by atoms with Crippen LogP contribution in [-0.4, -0.2) is 49.5 Å². The molecule has 0 atom stereocenters. The molecule has 0 unspecified atom stereocenters. The fourth-order valence-electron chi connectivity index (χ4n) is 2.28. The number of ketones is 1. The van der Waals surface area contributed by atoms with Gasteiger partial charge in [-0.1, -0.05) is 24.1 Å². The van der Waals surface area contributed by atoms with Gasteiger partial charge in [-0.15, -0.1) is 6.42 Å². The van der Waals surface area contributed by atoms with Crippen LogP contribution in [0.25, 0.3) is 0 Å². The highest BCUT2D eigenvalue weighted by Crippen LogP contribution is 2.19.